The van der Waals surface area contributed by atoms with Gasteiger partial charge in [-0.25, -0.2) is 0 Å². The molecule has 0 heterocycles. The number of thiocarbonyl (C=S) groups is 1. The molecule has 1 rings (SSSR count). The second-order valence-corrected chi connectivity index (χ2v) is 5.66. The van der Waals surface area contributed by atoms with Crippen LogP contribution in [0.5, 0.6) is 11.5 Å². The predicted molar refractivity (Wildman–Crippen MR) is 106 cm³/mol. The summed E-state index contributed by atoms with van der Waals surface area (Å²) in [5, 5.41) is 18.5. The van der Waals surface area contributed by atoms with Crippen molar-refractivity contribution in [3.63, 3.8) is 0 Å². The lowest BCUT2D eigenvalue weighted by Crippen LogP contribution is -2.31. The normalized spacial score (nSPS) is 10.4. The van der Waals surface area contributed by atoms with Crippen LogP contribution in [-0.2, 0) is 0 Å². The predicted octanol–water partition coefficient (Wildman–Crippen LogP) is 3.16. The van der Waals surface area contributed by atoms with Crippen molar-refractivity contribution in [2.45, 2.75) is 26.2 Å². The van der Waals surface area contributed by atoms with Crippen molar-refractivity contribution in [2.24, 2.45) is 5.10 Å². The third-order valence-corrected chi connectivity index (χ3v) is 3.49. The Morgan fingerprint density at radius 3 is 2.85 bits per heavy atom. The molecule has 0 aliphatic rings. The van der Waals surface area contributed by atoms with Crippen LogP contribution in [0.1, 0.15) is 31.7 Å². The second-order valence-electron chi connectivity index (χ2n) is 5.25. The summed E-state index contributed by atoms with van der Waals surface area (Å²) in [6.07, 6.45) is 5.92. The minimum Gasteiger partial charge on any atom is -0.493 e. The number of hydrogen-bond acceptors (Lipinski definition) is 6. The molecule has 1 aromatic carbocycles. The quantitative estimate of drug-likeness (QED) is 0.152. The highest BCUT2D eigenvalue weighted by Gasteiger charge is 2.22. The summed E-state index contributed by atoms with van der Waals surface area (Å²) in [6.45, 7) is 6.54. The lowest BCUT2D eigenvalue weighted by atomic mass is 10.2. The van der Waals surface area contributed by atoms with Crippen molar-refractivity contribution in [3.8, 4) is 11.5 Å². The van der Waals surface area contributed by atoms with Gasteiger partial charge in [0.2, 0.25) is 5.75 Å². The Hall–Kier alpha value is -2.68. The number of rotatable bonds is 11. The van der Waals surface area contributed by atoms with Gasteiger partial charge in [-0.1, -0.05) is 25.8 Å². The molecule has 0 aliphatic heterocycles. The molecule has 9 heteroatoms. The van der Waals surface area contributed by atoms with Gasteiger partial charge in [-0.3, -0.25) is 15.5 Å². The fraction of sp³-hybridized carbons (Fsp3) is 0.412. The van der Waals surface area contributed by atoms with Crippen LogP contribution in [-0.4, -0.2) is 36.5 Å². The van der Waals surface area contributed by atoms with Gasteiger partial charge in [-0.15, -0.1) is 6.58 Å². The molecule has 8 nitrogen and oxygen atoms in total. The van der Waals surface area contributed by atoms with Crippen LogP contribution in [0.3, 0.4) is 0 Å². The number of hydrazone groups is 1. The Morgan fingerprint density at radius 1 is 1.46 bits per heavy atom. The zero-order valence-electron chi connectivity index (χ0n) is 15.0. The van der Waals surface area contributed by atoms with Crippen molar-refractivity contribution >= 4 is 29.2 Å². The van der Waals surface area contributed by atoms with Crippen molar-refractivity contribution < 1.29 is 14.4 Å². The van der Waals surface area contributed by atoms with Gasteiger partial charge in [0.25, 0.3) is 0 Å². The minimum atomic E-state index is -0.501. The van der Waals surface area contributed by atoms with E-state index in [9.17, 15) is 10.1 Å². The van der Waals surface area contributed by atoms with Gasteiger partial charge in [0, 0.05) is 18.2 Å². The number of methoxy groups -OCH3 is 1. The van der Waals surface area contributed by atoms with Gasteiger partial charge < -0.3 is 14.8 Å². The van der Waals surface area contributed by atoms with Crippen molar-refractivity contribution in [1.29, 1.82) is 0 Å². The molecule has 0 saturated carbocycles. The van der Waals surface area contributed by atoms with Crippen LogP contribution in [0.4, 0.5) is 5.69 Å². The zero-order chi connectivity index (χ0) is 19.4. The SMILES string of the molecule is C=CCNC(=S)N/N=C/c1cc(OC)c(OCCCCC)c([N+](=O)[O-])c1. The maximum atomic E-state index is 11.4. The molecule has 0 saturated heterocycles. The molecule has 26 heavy (non-hydrogen) atoms. The van der Waals surface area contributed by atoms with Crippen molar-refractivity contribution in [2.75, 3.05) is 20.3 Å². The number of ether oxygens (including phenoxy) is 2. The maximum absolute atomic E-state index is 11.4. The fourth-order valence-electron chi connectivity index (χ4n) is 2.01. The number of unbranched alkanes of at least 4 members (excludes halogenated alkanes) is 2. The molecule has 0 aliphatic carbocycles. The Kier molecular flexibility index (Phi) is 9.70. The summed E-state index contributed by atoms with van der Waals surface area (Å²) in [6, 6.07) is 3.00. The van der Waals surface area contributed by atoms with Crippen LogP contribution < -0.4 is 20.2 Å². The Bertz CT molecular complexity index is 664. The number of nitrogens with one attached hydrogen (secondary N) is 2. The number of nitrogens with zero attached hydrogens (tertiary/aromatic N) is 2. The van der Waals surface area contributed by atoms with Gasteiger partial charge in [-0.2, -0.15) is 5.10 Å². The first-order valence-corrected chi connectivity index (χ1v) is 8.61. The van der Waals surface area contributed by atoms with E-state index in [1.165, 1.54) is 19.4 Å². The summed E-state index contributed by atoms with van der Waals surface area (Å²) in [4.78, 5) is 10.9. The summed E-state index contributed by atoms with van der Waals surface area (Å²) < 4.78 is 10.9. The molecular formula is C17H24N4O4S. The van der Waals surface area contributed by atoms with Crippen LogP contribution in [0, 0.1) is 10.1 Å². The lowest BCUT2D eigenvalue weighted by Gasteiger charge is -2.11. The van der Waals surface area contributed by atoms with Gasteiger partial charge in [0.05, 0.1) is 24.9 Å². The average Bonchev–Trinajstić information content (AvgIpc) is 2.63. The average molecular weight is 380 g/mol. The molecule has 0 aromatic heterocycles. The summed E-state index contributed by atoms with van der Waals surface area (Å²) >= 11 is 5.00. The second kappa shape index (κ2) is 11.8. The first-order valence-electron chi connectivity index (χ1n) is 8.20. The smallest absolute Gasteiger partial charge is 0.315 e. The van der Waals surface area contributed by atoms with Crippen LogP contribution in [0.15, 0.2) is 29.9 Å². The summed E-state index contributed by atoms with van der Waals surface area (Å²) in [5.41, 5.74) is 2.92. The minimum absolute atomic E-state index is 0.127. The highest BCUT2D eigenvalue weighted by Crippen LogP contribution is 2.38. The Labute approximate surface area is 158 Å². The third-order valence-electron chi connectivity index (χ3n) is 3.26. The van der Waals surface area contributed by atoms with Crippen LogP contribution >= 0.6 is 12.2 Å². The van der Waals surface area contributed by atoms with Gasteiger partial charge in [0.15, 0.2) is 10.9 Å². The van der Waals surface area contributed by atoms with Gasteiger partial charge in [-0.05, 0) is 24.7 Å². The van der Waals surface area contributed by atoms with E-state index in [0.717, 1.165) is 19.3 Å². The molecule has 0 bridgehead atoms. The highest BCUT2D eigenvalue weighted by atomic mass is 32.1. The van der Waals surface area contributed by atoms with E-state index < -0.39 is 4.92 Å². The first kappa shape index (κ1) is 21.4. The summed E-state index contributed by atoms with van der Waals surface area (Å²) in [5.74, 6) is 0.409. The molecule has 0 amide bonds. The monoisotopic (exact) mass is 380 g/mol. The Morgan fingerprint density at radius 2 is 2.23 bits per heavy atom. The van der Waals surface area contributed by atoms with Crippen molar-refractivity contribution in [3.05, 3.63) is 40.5 Å². The van der Waals surface area contributed by atoms with E-state index in [-0.39, 0.29) is 17.2 Å². The van der Waals surface area contributed by atoms with E-state index in [2.05, 4.69) is 29.3 Å². The topological polar surface area (TPSA) is 98.0 Å². The molecule has 142 valence electrons. The highest BCUT2D eigenvalue weighted by molar-refractivity contribution is 7.80. The van der Waals surface area contributed by atoms with E-state index in [1.54, 1.807) is 12.1 Å². The van der Waals surface area contributed by atoms with Crippen LogP contribution in [0.25, 0.3) is 0 Å². The van der Waals surface area contributed by atoms with E-state index in [0.29, 0.717) is 23.8 Å². The van der Waals surface area contributed by atoms with Gasteiger partial charge >= 0.3 is 5.69 Å². The fourth-order valence-corrected chi connectivity index (χ4v) is 2.15. The third kappa shape index (κ3) is 7.06. The Balaban J connectivity index is 2.94. The standard InChI is InChI=1S/C17H24N4O4S/c1-4-6-7-9-25-16-14(21(22)23)10-13(11-15(16)24-3)12-19-20-17(26)18-8-5-2/h5,10-12H,2,4,6-9H2,1,3H3,(H2,18,20,26)/b19-12+. The molecule has 2 N–H and O–H groups in total. The number of nitro benzene ring substituents is 1. The van der Waals surface area contributed by atoms with Crippen LogP contribution in [0.2, 0.25) is 0 Å². The van der Waals surface area contributed by atoms with E-state index >= 15 is 0 Å². The first-order chi connectivity index (χ1) is 12.5. The maximum Gasteiger partial charge on any atom is 0.315 e. The number of hydrogen-bond donors (Lipinski definition) is 2. The number of nitro groups is 1. The molecule has 0 fully saturated rings. The molecule has 0 atom stereocenters. The van der Waals surface area contributed by atoms with E-state index in [4.69, 9.17) is 21.7 Å². The van der Waals surface area contributed by atoms with E-state index in [1.807, 2.05) is 0 Å². The van der Waals surface area contributed by atoms with Crippen molar-refractivity contribution in [1.82, 2.24) is 10.7 Å². The molecule has 0 unspecified atom stereocenters. The molecule has 0 spiro atoms. The summed E-state index contributed by atoms with van der Waals surface area (Å²) in [7, 11) is 1.44. The molecule has 1 aromatic rings. The number of benzene rings is 1. The molecular weight excluding hydrogens is 356 g/mol. The van der Waals surface area contributed by atoms with Gasteiger partial charge in [0.1, 0.15) is 0 Å². The lowest BCUT2D eigenvalue weighted by molar-refractivity contribution is -0.386. The molecule has 0 radical (unpaired) electrons. The largest absolute Gasteiger partial charge is 0.493 e. The zero-order valence-corrected chi connectivity index (χ0v) is 15.8.